The predicted octanol–water partition coefficient (Wildman–Crippen LogP) is 3.32. The smallest absolute Gasteiger partial charge is 0.332 e. The van der Waals surface area contributed by atoms with Crippen molar-refractivity contribution in [2.75, 3.05) is 0 Å². The zero-order valence-corrected chi connectivity index (χ0v) is 16.2. The first kappa shape index (κ1) is 23.4. The van der Waals surface area contributed by atoms with Gasteiger partial charge in [-0.25, -0.2) is 19.2 Å². The highest BCUT2D eigenvalue weighted by Crippen LogP contribution is 2.39. The fourth-order valence-corrected chi connectivity index (χ4v) is 3.82. The second-order valence-electron chi connectivity index (χ2n) is 7.09. The third-order valence-electron chi connectivity index (χ3n) is 5.16. The second-order valence-corrected chi connectivity index (χ2v) is 7.09. The molecule has 2 atom stereocenters. The van der Waals surface area contributed by atoms with Crippen molar-refractivity contribution in [3.8, 4) is 0 Å². The van der Waals surface area contributed by atoms with Crippen LogP contribution in [0.5, 0.6) is 0 Å². The zero-order chi connectivity index (χ0) is 21.4. The van der Waals surface area contributed by atoms with Crippen LogP contribution in [0.1, 0.15) is 65.2 Å². The molecule has 156 valence electrons. The van der Waals surface area contributed by atoms with E-state index >= 15 is 0 Å². The highest BCUT2D eigenvalue weighted by molar-refractivity contribution is 6.02. The van der Waals surface area contributed by atoms with Gasteiger partial charge in [-0.3, -0.25) is 0 Å². The second kappa shape index (κ2) is 10.6. The molecule has 1 aliphatic rings. The molecule has 0 radical (unpaired) electrons. The van der Waals surface area contributed by atoms with Gasteiger partial charge in [-0.05, 0) is 37.5 Å². The molecule has 8 heteroatoms. The van der Waals surface area contributed by atoms with Gasteiger partial charge in [0.05, 0.1) is 11.1 Å². The molecule has 0 amide bonds. The molecule has 0 aliphatic heterocycles. The lowest BCUT2D eigenvalue weighted by Gasteiger charge is -2.28. The van der Waals surface area contributed by atoms with Gasteiger partial charge in [-0.2, -0.15) is 0 Å². The summed E-state index contributed by atoms with van der Waals surface area (Å²) in [6.07, 6.45) is 2.50. The highest BCUT2D eigenvalue weighted by Gasteiger charge is 2.38. The predicted molar refractivity (Wildman–Crippen MR) is 99.9 cm³/mol. The first-order chi connectivity index (χ1) is 13.1. The number of carbonyl (C=O) groups is 4. The first-order valence-corrected chi connectivity index (χ1v) is 9.54. The van der Waals surface area contributed by atoms with Crippen molar-refractivity contribution in [3.05, 3.63) is 22.3 Å². The summed E-state index contributed by atoms with van der Waals surface area (Å²) in [5.74, 6) is -7.31. The Morgan fingerprint density at radius 2 is 1.00 bits per heavy atom. The number of aliphatic carboxylic acids is 4. The monoisotopic (exact) mass is 396 g/mol. The average molecular weight is 396 g/mol. The topological polar surface area (TPSA) is 149 Å². The van der Waals surface area contributed by atoms with E-state index in [0.29, 0.717) is 25.7 Å². The van der Waals surface area contributed by atoms with Crippen molar-refractivity contribution in [1.29, 1.82) is 0 Å². The van der Waals surface area contributed by atoms with E-state index in [0.717, 1.165) is 0 Å². The van der Waals surface area contributed by atoms with Crippen molar-refractivity contribution in [3.63, 3.8) is 0 Å². The molecule has 2 unspecified atom stereocenters. The summed E-state index contributed by atoms with van der Waals surface area (Å²) in [7, 11) is 0. The third-order valence-corrected chi connectivity index (χ3v) is 5.16. The Morgan fingerprint density at radius 1 is 0.679 bits per heavy atom. The van der Waals surface area contributed by atoms with E-state index < -0.39 is 35.7 Å². The third kappa shape index (κ3) is 5.68. The number of carboxylic acid groups (broad SMARTS) is 4. The van der Waals surface area contributed by atoms with Crippen molar-refractivity contribution in [2.24, 2.45) is 11.8 Å². The lowest BCUT2D eigenvalue weighted by Crippen LogP contribution is -2.28. The summed E-state index contributed by atoms with van der Waals surface area (Å²) in [6.45, 7) is 3.76. The molecule has 0 heterocycles. The summed E-state index contributed by atoms with van der Waals surface area (Å²) in [5.41, 5.74) is -1.24. The number of hydrogen-bond acceptors (Lipinski definition) is 4. The standard InChI is InChI=1S/C20H28O8/c1-3-5-7-11-9-13(17(21)22)16(20(27)28)12(8-6-4-2)10-14(18(23)24)15(11)19(25)26/h11-12H,3-10H2,1-2H3,(H,21,22)(H,23,24)(H,25,26)(H,27,28). The van der Waals surface area contributed by atoms with E-state index in [1.807, 2.05) is 13.8 Å². The molecule has 28 heavy (non-hydrogen) atoms. The molecular weight excluding hydrogens is 368 g/mol. The molecule has 0 bridgehead atoms. The van der Waals surface area contributed by atoms with Gasteiger partial charge in [0.1, 0.15) is 0 Å². The van der Waals surface area contributed by atoms with E-state index in [2.05, 4.69) is 0 Å². The van der Waals surface area contributed by atoms with Gasteiger partial charge in [0.15, 0.2) is 0 Å². The van der Waals surface area contributed by atoms with E-state index in [-0.39, 0.29) is 48.0 Å². The maximum Gasteiger partial charge on any atom is 0.332 e. The quantitative estimate of drug-likeness (QED) is 0.439. The lowest BCUT2D eigenvalue weighted by atomic mass is 9.74. The molecule has 0 saturated carbocycles. The SMILES string of the molecule is CCCCC1CC(C(=O)O)=C(C(=O)O)C(CCCC)CC(C(=O)O)=C1C(=O)O. The minimum absolute atomic E-state index is 0.276. The van der Waals surface area contributed by atoms with Crippen LogP contribution in [0.4, 0.5) is 0 Å². The van der Waals surface area contributed by atoms with Gasteiger partial charge in [-0.1, -0.05) is 39.5 Å². The van der Waals surface area contributed by atoms with Gasteiger partial charge in [-0.15, -0.1) is 0 Å². The van der Waals surface area contributed by atoms with Gasteiger partial charge < -0.3 is 20.4 Å². The van der Waals surface area contributed by atoms with Crippen LogP contribution in [0.2, 0.25) is 0 Å². The van der Waals surface area contributed by atoms with Crippen LogP contribution in [-0.2, 0) is 19.2 Å². The largest absolute Gasteiger partial charge is 0.478 e. The molecule has 0 fully saturated rings. The van der Waals surface area contributed by atoms with Crippen molar-refractivity contribution < 1.29 is 39.6 Å². The van der Waals surface area contributed by atoms with Crippen molar-refractivity contribution in [2.45, 2.75) is 65.2 Å². The zero-order valence-electron chi connectivity index (χ0n) is 16.2. The molecule has 4 N–H and O–H groups in total. The van der Waals surface area contributed by atoms with Crippen LogP contribution in [0.25, 0.3) is 0 Å². The Bertz CT molecular complexity index is 641. The van der Waals surface area contributed by atoms with Crippen LogP contribution in [0.3, 0.4) is 0 Å². The van der Waals surface area contributed by atoms with E-state index in [1.165, 1.54) is 0 Å². The molecule has 0 aromatic heterocycles. The highest BCUT2D eigenvalue weighted by atomic mass is 16.4. The molecule has 1 aliphatic carbocycles. The maximum atomic E-state index is 11.9. The molecular formula is C20H28O8. The molecule has 0 spiro atoms. The van der Waals surface area contributed by atoms with Crippen molar-refractivity contribution >= 4 is 23.9 Å². The fourth-order valence-electron chi connectivity index (χ4n) is 3.82. The van der Waals surface area contributed by atoms with Crippen LogP contribution >= 0.6 is 0 Å². The summed E-state index contributed by atoms with van der Waals surface area (Å²) in [5, 5.41) is 38.7. The number of hydrogen-bond donors (Lipinski definition) is 4. The van der Waals surface area contributed by atoms with E-state index in [1.54, 1.807) is 0 Å². The van der Waals surface area contributed by atoms with Crippen LogP contribution in [0, 0.1) is 11.8 Å². The average Bonchev–Trinajstić information content (AvgIpc) is 2.58. The summed E-state index contributed by atoms with van der Waals surface area (Å²) < 4.78 is 0. The molecule has 1 rings (SSSR count). The molecule has 8 nitrogen and oxygen atoms in total. The van der Waals surface area contributed by atoms with Crippen LogP contribution in [-0.4, -0.2) is 44.3 Å². The molecule has 0 aromatic carbocycles. The van der Waals surface area contributed by atoms with Gasteiger partial charge in [0.2, 0.25) is 0 Å². The van der Waals surface area contributed by atoms with Gasteiger partial charge in [0, 0.05) is 11.1 Å². The van der Waals surface area contributed by atoms with Crippen molar-refractivity contribution in [1.82, 2.24) is 0 Å². The maximum absolute atomic E-state index is 11.9. The molecule has 0 saturated heterocycles. The van der Waals surface area contributed by atoms with E-state index in [9.17, 15) is 39.6 Å². The Labute approximate surface area is 163 Å². The van der Waals surface area contributed by atoms with Gasteiger partial charge in [0.25, 0.3) is 0 Å². The fraction of sp³-hybridized carbons (Fsp3) is 0.600. The van der Waals surface area contributed by atoms with E-state index in [4.69, 9.17) is 0 Å². The first-order valence-electron chi connectivity index (χ1n) is 9.54. The number of carboxylic acids is 4. The number of rotatable bonds is 10. The summed E-state index contributed by atoms with van der Waals surface area (Å²) in [4.78, 5) is 47.6. The Morgan fingerprint density at radius 3 is 1.21 bits per heavy atom. The van der Waals surface area contributed by atoms with Crippen LogP contribution in [0.15, 0.2) is 22.3 Å². The van der Waals surface area contributed by atoms with Crippen LogP contribution < -0.4 is 0 Å². The Kier molecular flexibility index (Phi) is 8.88. The van der Waals surface area contributed by atoms with Gasteiger partial charge >= 0.3 is 23.9 Å². The summed E-state index contributed by atoms with van der Waals surface area (Å²) >= 11 is 0. The minimum atomic E-state index is -1.40. The normalized spacial score (nSPS) is 20.5. The Hall–Kier alpha value is -2.64. The Balaban J connectivity index is 3.71. The lowest BCUT2D eigenvalue weighted by molar-refractivity contribution is -0.138. The minimum Gasteiger partial charge on any atom is -0.478 e. The number of unbranched alkanes of at least 4 members (excludes halogenated alkanes) is 2. The summed E-state index contributed by atoms with van der Waals surface area (Å²) in [6, 6.07) is 0. The molecule has 0 aromatic rings.